The molecule has 0 unspecified atom stereocenters. The number of rotatable bonds is 4. The molecule has 31 heavy (non-hydrogen) atoms. The highest BCUT2D eigenvalue weighted by molar-refractivity contribution is 7.20. The van der Waals surface area contributed by atoms with Gasteiger partial charge < -0.3 is 14.8 Å². The van der Waals surface area contributed by atoms with Crippen LogP contribution in [0.3, 0.4) is 0 Å². The molecule has 0 radical (unpaired) electrons. The average molecular weight is 442 g/mol. The molecule has 1 amide bonds. The third-order valence-corrected chi connectivity index (χ3v) is 6.68. The van der Waals surface area contributed by atoms with Crippen molar-refractivity contribution in [1.29, 1.82) is 0 Å². The molecule has 2 aromatic heterocycles. The van der Waals surface area contributed by atoms with Gasteiger partial charge in [-0.15, -0.1) is 11.3 Å². The van der Waals surface area contributed by atoms with E-state index in [2.05, 4.69) is 5.32 Å². The predicted octanol–water partition coefficient (Wildman–Crippen LogP) is 3.54. The SMILES string of the molecule is COC(=O)c1cc(OC)ccc1NC(=O)c1sc2nc3n(c(=O)c2c1C)CCCCC3. The maximum atomic E-state index is 13.1. The zero-order valence-corrected chi connectivity index (χ0v) is 18.4. The zero-order chi connectivity index (χ0) is 22.1. The van der Waals surface area contributed by atoms with Crippen molar-refractivity contribution in [2.75, 3.05) is 19.5 Å². The second kappa shape index (κ2) is 8.50. The standard InChI is InChI=1S/C22H23N3O5S/c1-12-17-20(24-16-7-5-4-6-10-25(16)21(17)27)31-18(12)19(26)23-15-9-8-13(29-2)11-14(15)22(28)30-3/h8-9,11H,4-7,10H2,1-3H3,(H,23,26). The predicted molar refractivity (Wildman–Crippen MR) is 118 cm³/mol. The van der Waals surface area contributed by atoms with E-state index in [0.29, 0.717) is 38.6 Å². The largest absolute Gasteiger partial charge is 0.497 e. The summed E-state index contributed by atoms with van der Waals surface area (Å²) in [5.74, 6) is 0.253. The molecule has 0 bridgehead atoms. The Kier molecular flexibility index (Phi) is 5.77. The number of carbonyl (C=O) groups excluding carboxylic acids is 2. The van der Waals surface area contributed by atoms with Gasteiger partial charge in [0.1, 0.15) is 16.4 Å². The van der Waals surface area contributed by atoms with Crippen molar-refractivity contribution in [3.05, 3.63) is 50.4 Å². The Labute approximate surface area is 182 Å². The van der Waals surface area contributed by atoms with Crippen LogP contribution in [0.15, 0.2) is 23.0 Å². The van der Waals surface area contributed by atoms with Crippen molar-refractivity contribution in [3.63, 3.8) is 0 Å². The number of amides is 1. The van der Waals surface area contributed by atoms with E-state index >= 15 is 0 Å². The molecule has 1 aromatic carbocycles. The molecule has 0 saturated heterocycles. The van der Waals surface area contributed by atoms with Crippen LogP contribution in [0, 0.1) is 6.92 Å². The number of nitrogens with one attached hydrogen (secondary N) is 1. The lowest BCUT2D eigenvalue weighted by atomic mass is 10.1. The Morgan fingerprint density at radius 1 is 1.19 bits per heavy atom. The van der Waals surface area contributed by atoms with Crippen LogP contribution < -0.4 is 15.6 Å². The molecule has 0 atom stereocenters. The number of anilines is 1. The van der Waals surface area contributed by atoms with Crippen molar-refractivity contribution in [2.45, 2.75) is 39.2 Å². The van der Waals surface area contributed by atoms with Crippen LogP contribution >= 0.6 is 11.3 Å². The summed E-state index contributed by atoms with van der Waals surface area (Å²) in [5.41, 5.74) is 0.992. The van der Waals surface area contributed by atoms with Gasteiger partial charge in [0.2, 0.25) is 0 Å². The number of nitrogens with zero attached hydrogens (tertiary/aromatic N) is 2. The van der Waals surface area contributed by atoms with Gasteiger partial charge in [0.25, 0.3) is 11.5 Å². The van der Waals surface area contributed by atoms with Gasteiger partial charge >= 0.3 is 5.97 Å². The van der Waals surface area contributed by atoms with Gasteiger partial charge in [-0.2, -0.15) is 0 Å². The van der Waals surface area contributed by atoms with Crippen molar-refractivity contribution in [1.82, 2.24) is 9.55 Å². The van der Waals surface area contributed by atoms with Gasteiger partial charge in [0.15, 0.2) is 0 Å². The van der Waals surface area contributed by atoms with Gasteiger partial charge in [0, 0.05) is 13.0 Å². The second-order valence-electron chi connectivity index (χ2n) is 7.39. The van der Waals surface area contributed by atoms with Crippen LogP contribution in [0.25, 0.3) is 10.2 Å². The molecule has 0 saturated carbocycles. The molecule has 0 spiro atoms. The number of benzene rings is 1. The van der Waals surface area contributed by atoms with Crippen LogP contribution in [0.1, 0.15) is 50.7 Å². The summed E-state index contributed by atoms with van der Waals surface area (Å²) in [6.45, 7) is 2.41. The van der Waals surface area contributed by atoms with Crippen molar-refractivity contribution >= 4 is 39.1 Å². The Morgan fingerprint density at radius 3 is 2.74 bits per heavy atom. The lowest BCUT2D eigenvalue weighted by Gasteiger charge is -2.11. The highest BCUT2D eigenvalue weighted by Crippen LogP contribution is 2.30. The third-order valence-electron chi connectivity index (χ3n) is 5.50. The van der Waals surface area contributed by atoms with Gasteiger partial charge in [0.05, 0.1) is 35.7 Å². The molecule has 1 aliphatic rings. The quantitative estimate of drug-likeness (QED) is 0.622. The molecule has 1 aliphatic heterocycles. The highest BCUT2D eigenvalue weighted by Gasteiger charge is 2.23. The minimum atomic E-state index is -0.592. The lowest BCUT2D eigenvalue weighted by molar-refractivity contribution is 0.0601. The van der Waals surface area contributed by atoms with E-state index in [1.807, 2.05) is 0 Å². The molecular weight excluding hydrogens is 418 g/mol. The number of fused-ring (bicyclic) bond motifs is 2. The summed E-state index contributed by atoms with van der Waals surface area (Å²) in [4.78, 5) is 44.0. The number of aryl methyl sites for hydroxylation is 2. The number of aromatic nitrogens is 2. The number of ether oxygens (including phenoxy) is 2. The first-order valence-corrected chi connectivity index (χ1v) is 10.9. The lowest BCUT2D eigenvalue weighted by Crippen LogP contribution is -2.24. The van der Waals surface area contributed by atoms with Crippen LogP contribution in [-0.2, 0) is 17.7 Å². The minimum absolute atomic E-state index is 0.0885. The van der Waals surface area contributed by atoms with Crippen LogP contribution in [0.4, 0.5) is 5.69 Å². The fourth-order valence-corrected chi connectivity index (χ4v) is 4.93. The first-order valence-electron chi connectivity index (χ1n) is 10.0. The molecule has 4 rings (SSSR count). The van der Waals surface area contributed by atoms with Gasteiger partial charge in [-0.25, -0.2) is 9.78 Å². The summed E-state index contributed by atoms with van der Waals surface area (Å²) in [5, 5.41) is 3.26. The van der Waals surface area contributed by atoms with E-state index in [9.17, 15) is 14.4 Å². The van der Waals surface area contributed by atoms with E-state index in [0.717, 1.165) is 31.5 Å². The normalized spacial score (nSPS) is 13.4. The van der Waals surface area contributed by atoms with E-state index < -0.39 is 11.9 Å². The fraction of sp³-hybridized carbons (Fsp3) is 0.364. The topological polar surface area (TPSA) is 99.5 Å². The maximum Gasteiger partial charge on any atom is 0.340 e. The number of esters is 1. The molecule has 9 heteroatoms. The summed E-state index contributed by atoms with van der Waals surface area (Å²) < 4.78 is 11.7. The number of methoxy groups -OCH3 is 2. The molecule has 0 fully saturated rings. The molecule has 162 valence electrons. The summed E-state index contributed by atoms with van der Waals surface area (Å²) in [6.07, 6.45) is 3.79. The average Bonchev–Trinajstić information content (AvgIpc) is 2.94. The van der Waals surface area contributed by atoms with Crippen molar-refractivity contribution in [2.24, 2.45) is 0 Å². The number of hydrogen-bond donors (Lipinski definition) is 1. The van der Waals surface area contributed by atoms with E-state index in [4.69, 9.17) is 14.5 Å². The number of carbonyl (C=O) groups is 2. The minimum Gasteiger partial charge on any atom is -0.497 e. The van der Waals surface area contributed by atoms with E-state index in [1.165, 1.54) is 31.6 Å². The van der Waals surface area contributed by atoms with Crippen LogP contribution in [0.5, 0.6) is 5.75 Å². The van der Waals surface area contributed by atoms with Gasteiger partial charge in [-0.3, -0.25) is 14.2 Å². The third kappa shape index (κ3) is 3.81. The molecule has 1 N–H and O–H groups in total. The summed E-state index contributed by atoms with van der Waals surface area (Å²) >= 11 is 1.20. The Morgan fingerprint density at radius 2 is 2.00 bits per heavy atom. The molecule has 3 aromatic rings. The molecular formula is C22H23N3O5S. The Balaban J connectivity index is 1.74. The molecule has 0 aliphatic carbocycles. The summed E-state index contributed by atoms with van der Waals surface area (Å²) in [7, 11) is 2.76. The first kappa shape index (κ1) is 21.0. The Bertz CT molecular complexity index is 1240. The fourth-order valence-electron chi connectivity index (χ4n) is 3.84. The second-order valence-corrected chi connectivity index (χ2v) is 8.39. The summed E-state index contributed by atoms with van der Waals surface area (Å²) in [6, 6.07) is 4.73. The Hall–Kier alpha value is -3.20. The molecule has 3 heterocycles. The molecule has 8 nitrogen and oxygen atoms in total. The number of thiophene rings is 1. The van der Waals surface area contributed by atoms with Crippen molar-refractivity contribution < 1.29 is 19.1 Å². The first-order chi connectivity index (χ1) is 14.9. The number of hydrogen-bond acceptors (Lipinski definition) is 7. The van der Waals surface area contributed by atoms with E-state index in [1.54, 1.807) is 23.6 Å². The highest BCUT2D eigenvalue weighted by atomic mass is 32.1. The smallest absolute Gasteiger partial charge is 0.340 e. The van der Waals surface area contributed by atoms with Crippen molar-refractivity contribution in [3.8, 4) is 5.75 Å². The monoisotopic (exact) mass is 441 g/mol. The maximum absolute atomic E-state index is 13.1. The van der Waals surface area contributed by atoms with Gasteiger partial charge in [-0.05, 0) is 43.5 Å². The van der Waals surface area contributed by atoms with Gasteiger partial charge in [-0.1, -0.05) is 6.42 Å². The van der Waals surface area contributed by atoms with E-state index in [-0.39, 0.29) is 11.1 Å². The van der Waals surface area contributed by atoms with Crippen LogP contribution in [0.2, 0.25) is 0 Å². The van der Waals surface area contributed by atoms with Crippen LogP contribution in [-0.4, -0.2) is 35.6 Å². The zero-order valence-electron chi connectivity index (χ0n) is 17.6.